The van der Waals surface area contributed by atoms with Crippen LogP contribution in [0.1, 0.15) is 35.8 Å². The molecule has 1 aromatic carbocycles. The minimum Gasteiger partial charge on any atom is -0.335 e. The fourth-order valence-electron chi connectivity index (χ4n) is 4.07. The lowest BCUT2D eigenvalue weighted by atomic mass is 9.99. The first-order valence-electron chi connectivity index (χ1n) is 10.5. The number of nitrogens with one attached hydrogen (secondary N) is 1. The number of likely N-dealkylation sites (tertiary alicyclic amines) is 1. The molecule has 0 saturated carbocycles. The van der Waals surface area contributed by atoms with Gasteiger partial charge >= 0.3 is 0 Å². The van der Waals surface area contributed by atoms with E-state index in [4.69, 9.17) is 0 Å². The third-order valence-corrected chi connectivity index (χ3v) is 5.78. The summed E-state index contributed by atoms with van der Waals surface area (Å²) in [5, 5.41) is 14.3. The largest absolute Gasteiger partial charge is 0.335 e. The molecule has 0 atom stereocenters. The number of tetrazole rings is 1. The normalized spacial score (nSPS) is 15.2. The van der Waals surface area contributed by atoms with Crippen LogP contribution in [0.5, 0.6) is 0 Å². The zero-order valence-corrected chi connectivity index (χ0v) is 17.2. The zero-order valence-electron chi connectivity index (χ0n) is 17.2. The van der Waals surface area contributed by atoms with Gasteiger partial charge in [-0.05, 0) is 42.8 Å². The third-order valence-electron chi connectivity index (χ3n) is 5.78. The van der Waals surface area contributed by atoms with Crippen molar-refractivity contribution >= 4 is 5.91 Å². The summed E-state index contributed by atoms with van der Waals surface area (Å²) in [6, 6.07) is 13.6. The molecule has 3 aromatic rings. The average molecular weight is 406 g/mol. The Morgan fingerprint density at radius 3 is 2.67 bits per heavy atom. The van der Waals surface area contributed by atoms with E-state index in [0.29, 0.717) is 23.5 Å². The molecule has 0 aliphatic carbocycles. The van der Waals surface area contributed by atoms with Gasteiger partial charge in [0.15, 0.2) is 0 Å². The van der Waals surface area contributed by atoms with E-state index < -0.39 is 0 Å². The topological polar surface area (TPSA) is 90.9 Å². The van der Waals surface area contributed by atoms with Crippen molar-refractivity contribution in [2.45, 2.75) is 32.2 Å². The van der Waals surface area contributed by atoms with Gasteiger partial charge in [-0.15, -0.1) is 10.2 Å². The van der Waals surface area contributed by atoms with Crippen LogP contribution < -0.4 is 0 Å². The predicted octanol–water partition coefficient (Wildman–Crippen LogP) is 2.43. The summed E-state index contributed by atoms with van der Waals surface area (Å²) in [4.78, 5) is 22.6. The lowest BCUT2D eigenvalue weighted by Gasteiger charge is -2.38. The average Bonchev–Trinajstić information content (AvgIpc) is 3.35. The van der Waals surface area contributed by atoms with E-state index in [1.54, 1.807) is 6.20 Å². The summed E-state index contributed by atoms with van der Waals surface area (Å²) in [5.74, 6) is 0.450. The van der Waals surface area contributed by atoms with Crippen molar-refractivity contribution in [1.82, 2.24) is 35.4 Å². The summed E-state index contributed by atoms with van der Waals surface area (Å²) in [6.45, 7) is 5.90. The smallest absolute Gasteiger partial charge is 0.254 e. The molecule has 0 spiro atoms. The summed E-state index contributed by atoms with van der Waals surface area (Å²) >= 11 is 0. The van der Waals surface area contributed by atoms with Gasteiger partial charge < -0.3 is 9.80 Å². The van der Waals surface area contributed by atoms with Gasteiger partial charge in [-0.2, -0.15) is 5.21 Å². The second-order valence-corrected chi connectivity index (χ2v) is 7.52. The number of carbonyl (C=O) groups excluding carboxylic acids is 1. The van der Waals surface area contributed by atoms with Crippen LogP contribution in [0.4, 0.5) is 0 Å². The molecular weight excluding hydrogens is 378 g/mol. The van der Waals surface area contributed by atoms with Gasteiger partial charge in [-0.3, -0.25) is 9.78 Å². The monoisotopic (exact) mass is 405 g/mol. The number of benzene rings is 1. The number of pyridine rings is 1. The lowest BCUT2D eigenvalue weighted by Crippen LogP contribution is -2.48. The van der Waals surface area contributed by atoms with E-state index in [1.807, 2.05) is 47.4 Å². The summed E-state index contributed by atoms with van der Waals surface area (Å²) in [6.07, 6.45) is 4.48. The second-order valence-electron chi connectivity index (χ2n) is 7.52. The predicted molar refractivity (Wildman–Crippen MR) is 114 cm³/mol. The maximum Gasteiger partial charge on any atom is 0.254 e. The molecule has 1 fully saturated rings. The Kier molecular flexibility index (Phi) is 6.44. The van der Waals surface area contributed by atoms with Gasteiger partial charge in [0.25, 0.3) is 5.91 Å². The van der Waals surface area contributed by atoms with Crippen LogP contribution in [0.3, 0.4) is 0 Å². The summed E-state index contributed by atoms with van der Waals surface area (Å²) < 4.78 is 0. The molecule has 30 heavy (non-hydrogen) atoms. The number of aromatic nitrogens is 5. The van der Waals surface area contributed by atoms with E-state index in [1.165, 1.54) is 0 Å². The number of nitrogens with zero attached hydrogens (tertiary/aromatic N) is 6. The quantitative estimate of drug-likeness (QED) is 0.649. The SMILES string of the molecule is CCN1CCC(N(CCc2ccccn2)C(=O)c2ccccc2-c2nn[nH]n2)CC1. The van der Waals surface area contributed by atoms with Gasteiger partial charge in [-0.1, -0.05) is 31.2 Å². The van der Waals surface area contributed by atoms with Crippen molar-refractivity contribution in [2.24, 2.45) is 0 Å². The summed E-state index contributed by atoms with van der Waals surface area (Å²) in [7, 11) is 0. The Morgan fingerprint density at radius 1 is 1.17 bits per heavy atom. The van der Waals surface area contributed by atoms with Crippen molar-refractivity contribution in [1.29, 1.82) is 0 Å². The highest BCUT2D eigenvalue weighted by Crippen LogP contribution is 2.24. The van der Waals surface area contributed by atoms with Crippen LogP contribution in [-0.2, 0) is 6.42 Å². The first kappa shape index (κ1) is 20.2. The number of rotatable bonds is 7. The Labute approximate surface area is 176 Å². The molecule has 1 amide bonds. The molecule has 1 aliphatic rings. The molecule has 0 unspecified atom stereocenters. The number of piperidine rings is 1. The van der Waals surface area contributed by atoms with E-state index in [0.717, 1.165) is 44.6 Å². The fraction of sp³-hybridized carbons (Fsp3) is 0.409. The molecule has 8 heteroatoms. The minimum absolute atomic E-state index is 0.0151. The molecule has 2 aromatic heterocycles. The number of carbonyl (C=O) groups is 1. The molecule has 4 rings (SSSR count). The van der Waals surface area contributed by atoms with E-state index >= 15 is 0 Å². The van der Waals surface area contributed by atoms with E-state index in [-0.39, 0.29) is 11.9 Å². The summed E-state index contributed by atoms with van der Waals surface area (Å²) in [5.41, 5.74) is 2.30. The van der Waals surface area contributed by atoms with Crippen molar-refractivity contribution in [3.63, 3.8) is 0 Å². The fourth-order valence-corrected chi connectivity index (χ4v) is 4.07. The Morgan fingerprint density at radius 2 is 1.97 bits per heavy atom. The van der Waals surface area contributed by atoms with E-state index in [9.17, 15) is 4.79 Å². The molecule has 156 valence electrons. The Balaban J connectivity index is 1.59. The standard InChI is InChI=1S/C22H27N7O/c1-2-28-14-11-18(12-15-28)29(16-10-17-7-5-6-13-23-17)22(30)20-9-4-3-8-19(20)21-24-26-27-25-21/h3-9,13,18H,2,10-12,14-16H2,1H3,(H,24,25,26,27). The molecule has 3 heterocycles. The molecule has 0 bridgehead atoms. The van der Waals surface area contributed by atoms with Crippen molar-refractivity contribution in [2.75, 3.05) is 26.2 Å². The first-order chi connectivity index (χ1) is 14.8. The molecule has 1 saturated heterocycles. The molecule has 0 radical (unpaired) electrons. The van der Waals surface area contributed by atoms with Crippen LogP contribution in [-0.4, -0.2) is 73.5 Å². The lowest BCUT2D eigenvalue weighted by molar-refractivity contribution is 0.0580. The highest BCUT2D eigenvalue weighted by molar-refractivity contribution is 6.00. The number of hydrogen-bond acceptors (Lipinski definition) is 6. The van der Waals surface area contributed by atoms with Gasteiger partial charge in [0, 0.05) is 49.6 Å². The Bertz CT molecular complexity index is 937. The van der Waals surface area contributed by atoms with Crippen molar-refractivity contribution < 1.29 is 4.79 Å². The van der Waals surface area contributed by atoms with Crippen LogP contribution in [0.2, 0.25) is 0 Å². The van der Waals surface area contributed by atoms with Gasteiger partial charge in [0.2, 0.25) is 5.82 Å². The van der Waals surface area contributed by atoms with Crippen LogP contribution in [0.15, 0.2) is 48.7 Å². The third kappa shape index (κ3) is 4.54. The number of H-pyrrole nitrogens is 1. The maximum atomic E-state index is 13.7. The molecular formula is C22H27N7O. The highest BCUT2D eigenvalue weighted by atomic mass is 16.2. The van der Waals surface area contributed by atoms with Crippen molar-refractivity contribution in [3.05, 3.63) is 59.9 Å². The Hall–Kier alpha value is -3.13. The minimum atomic E-state index is 0.0151. The maximum absolute atomic E-state index is 13.7. The zero-order chi connectivity index (χ0) is 20.8. The number of amides is 1. The second kappa shape index (κ2) is 9.58. The van der Waals surface area contributed by atoms with Crippen LogP contribution in [0.25, 0.3) is 11.4 Å². The number of hydrogen-bond donors (Lipinski definition) is 1. The van der Waals surface area contributed by atoms with Crippen LogP contribution in [0, 0.1) is 0 Å². The van der Waals surface area contributed by atoms with Gasteiger partial charge in [0.1, 0.15) is 0 Å². The van der Waals surface area contributed by atoms with Gasteiger partial charge in [0.05, 0.1) is 5.56 Å². The first-order valence-corrected chi connectivity index (χ1v) is 10.5. The number of aromatic amines is 1. The highest BCUT2D eigenvalue weighted by Gasteiger charge is 2.29. The van der Waals surface area contributed by atoms with Crippen LogP contribution >= 0.6 is 0 Å². The van der Waals surface area contributed by atoms with Gasteiger partial charge in [-0.25, -0.2) is 0 Å². The van der Waals surface area contributed by atoms with Crippen molar-refractivity contribution in [3.8, 4) is 11.4 Å². The van der Waals surface area contributed by atoms with E-state index in [2.05, 4.69) is 37.4 Å². The molecule has 1 aliphatic heterocycles. The molecule has 1 N–H and O–H groups in total. The molecule has 8 nitrogen and oxygen atoms in total.